The molecule has 8 nitrogen and oxygen atoms in total. The van der Waals surface area contributed by atoms with Crippen LogP contribution in [0.1, 0.15) is 41.4 Å². The van der Waals surface area contributed by atoms with Crippen molar-refractivity contribution in [2.24, 2.45) is 0 Å². The van der Waals surface area contributed by atoms with Gasteiger partial charge in [-0.25, -0.2) is 14.0 Å². The predicted molar refractivity (Wildman–Crippen MR) is 137 cm³/mol. The fourth-order valence-electron chi connectivity index (χ4n) is 4.89. The van der Waals surface area contributed by atoms with Crippen molar-refractivity contribution in [2.45, 2.75) is 32.9 Å². The molecule has 0 unspecified atom stereocenters. The maximum Gasteiger partial charge on any atom is 0.338 e. The zero-order chi connectivity index (χ0) is 26.7. The van der Waals surface area contributed by atoms with Crippen molar-refractivity contribution in [1.29, 1.82) is 0 Å². The molecule has 0 radical (unpaired) electrons. The highest BCUT2D eigenvalue weighted by molar-refractivity contribution is 5.95. The van der Waals surface area contributed by atoms with E-state index in [0.29, 0.717) is 37.4 Å². The number of piperazine rings is 1. The minimum absolute atomic E-state index is 0.0553. The van der Waals surface area contributed by atoms with Crippen molar-refractivity contribution in [2.75, 3.05) is 39.8 Å². The number of nitrogens with one attached hydrogen (secondary N) is 1. The molecule has 0 aliphatic carbocycles. The van der Waals surface area contributed by atoms with Gasteiger partial charge in [0.15, 0.2) is 0 Å². The van der Waals surface area contributed by atoms with Crippen LogP contribution in [0.3, 0.4) is 0 Å². The van der Waals surface area contributed by atoms with E-state index >= 15 is 0 Å². The lowest BCUT2D eigenvalue weighted by molar-refractivity contribution is -0.139. The monoisotopic (exact) mass is 508 g/mol. The summed E-state index contributed by atoms with van der Waals surface area (Å²) in [4.78, 5) is 44.3. The topological polar surface area (TPSA) is 82.2 Å². The van der Waals surface area contributed by atoms with Gasteiger partial charge in [-0.2, -0.15) is 0 Å². The lowest BCUT2D eigenvalue weighted by atomic mass is 9.93. The van der Waals surface area contributed by atoms with Gasteiger partial charge in [0.25, 0.3) is 5.91 Å². The summed E-state index contributed by atoms with van der Waals surface area (Å²) in [6.45, 7) is 7.58. The van der Waals surface area contributed by atoms with Gasteiger partial charge in [-0.3, -0.25) is 14.6 Å². The molecule has 2 aromatic carbocycles. The number of halogens is 1. The molecule has 1 N–H and O–H groups in total. The highest BCUT2D eigenvalue weighted by Crippen LogP contribution is 2.32. The average molecular weight is 509 g/mol. The van der Waals surface area contributed by atoms with Crippen LogP contribution in [0.2, 0.25) is 0 Å². The number of carbonyl (C=O) groups excluding carboxylic acids is 3. The first-order valence-electron chi connectivity index (χ1n) is 12.5. The quantitative estimate of drug-likeness (QED) is 0.604. The number of amides is 3. The van der Waals surface area contributed by atoms with E-state index < -0.39 is 17.8 Å². The van der Waals surface area contributed by atoms with Crippen molar-refractivity contribution in [3.8, 4) is 0 Å². The largest absolute Gasteiger partial charge is 0.463 e. The fourth-order valence-corrected chi connectivity index (χ4v) is 4.89. The van der Waals surface area contributed by atoms with Gasteiger partial charge in [0, 0.05) is 45.0 Å². The number of urea groups is 1. The Kier molecular flexibility index (Phi) is 7.92. The number of hydrogen-bond donors (Lipinski definition) is 1. The average Bonchev–Trinajstić information content (AvgIpc) is 2.87. The SMILES string of the molecule is CCOC(=O)C1=C(CN2CCN(C(=O)c3ccccc3F)[C@H](C)C2)N(C)C(=O)N[C@H]1c1ccc(C)cc1. The second kappa shape index (κ2) is 11.1. The number of aryl methyl sites for hydroxylation is 1. The van der Waals surface area contributed by atoms with Crippen molar-refractivity contribution >= 4 is 17.9 Å². The van der Waals surface area contributed by atoms with Crippen LogP contribution in [-0.2, 0) is 9.53 Å². The summed E-state index contributed by atoms with van der Waals surface area (Å²) in [7, 11) is 1.64. The van der Waals surface area contributed by atoms with E-state index in [9.17, 15) is 18.8 Å². The summed E-state index contributed by atoms with van der Waals surface area (Å²) in [6.07, 6.45) is 0. The van der Waals surface area contributed by atoms with Gasteiger partial charge in [-0.05, 0) is 38.5 Å². The summed E-state index contributed by atoms with van der Waals surface area (Å²) in [5.41, 5.74) is 2.88. The maximum atomic E-state index is 14.2. The fraction of sp³-hybridized carbons (Fsp3) is 0.393. The first-order valence-corrected chi connectivity index (χ1v) is 12.5. The molecule has 9 heteroatoms. The number of ether oxygens (including phenoxy) is 1. The van der Waals surface area contributed by atoms with Crippen LogP contribution in [0.25, 0.3) is 0 Å². The third kappa shape index (κ3) is 5.51. The number of benzene rings is 2. The zero-order valence-corrected chi connectivity index (χ0v) is 21.7. The van der Waals surface area contributed by atoms with Crippen LogP contribution < -0.4 is 5.32 Å². The molecular formula is C28H33FN4O4. The summed E-state index contributed by atoms with van der Waals surface area (Å²) in [6, 6.07) is 12.5. The maximum absolute atomic E-state index is 14.2. The third-order valence-electron chi connectivity index (χ3n) is 6.93. The second-order valence-corrected chi connectivity index (χ2v) is 9.50. The van der Waals surface area contributed by atoms with Gasteiger partial charge in [-0.1, -0.05) is 42.0 Å². The van der Waals surface area contributed by atoms with E-state index in [2.05, 4.69) is 10.2 Å². The Bertz CT molecular complexity index is 1210. The van der Waals surface area contributed by atoms with Gasteiger partial charge < -0.3 is 15.0 Å². The van der Waals surface area contributed by atoms with Gasteiger partial charge in [-0.15, -0.1) is 0 Å². The zero-order valence-electron chi connectivity index (χ0n) is 21.7. The van der Waals surface area contributed by atoms with Gasteiger partial charge in [0.1, 0.15) is 5.82 Å². The molecule has 1 saturated heterocycles. The number of carbonyl (C=O) groups is 3. The molecule has 0 spiro atoms. The summed E-state index contributed by atoms with van der Waals surface area (Å²) in [5.74, 6) is -1.36. The Labute approximate surface area is 216 Å². The molecule has 3 amide bonds. The van der Waals surface area contributed by atoms with E-state index in [-0.39, 0.29) is 30.2 Å². The lowest BCUT2D eigenvalue weighted by Gasteiger charge is -2.42. The van der Waals surface area contributed by atoms with Crippen molar-refractivity contribution in [3.05, 3.63) is 82.3 Å². The predicted octanol–water partition coefficient (Wildman–Crippen LogP) is 3.49. The minimum atomic E-state index is -0.639. The Morgan fingerprint density at radius 2 is 1.81 bits per heavy atom. The van der Waals surface area contributed by atoms with E-state index in [1.54, 1.807) is 31.0 Å². The molecule has 2 aliphatic rings. The summed E-state index contributed by atoms with van der Waals surface area (Å²) in [5, 5.41) is 2.93. The molecular weight excluding hydrogens is 475 g/mol. The Hall–Kier alpha value is -3.72. The molecule has 4 rings (SSSR count). The first-order chi connectivity index (χ1) is 17.7. The molecule has 0 aromatic heterocycles. The van der Waals surface area contributed by atoms with Crippen molar-refractivity contribution in [1.82, 2.24) is 20.0 Å². The van der Waals surface area contributed by atoms with Gasteiger partial charge >= 0.3 is 12.0 Å². The van der Waals surface area contributed by atoms with Gasteiger partial charge in [0.2, 0.25) is 0 Å². The van der Waals surface area contributed by atoms with E-state index in [0.717, 1.165) is 11.1 Å². The van der Waals surface area contributed by atoms with Crippen LogP contribution >= 0.6 is 0 Å². The molecule has 196 valence electrons. The van der Waals surface area contributed by atoms with Crippen molar-refractivity contribution < 1.29 is 23.5 Å². The smallest absolute Gasteiger partial charge is 0.338 e. The molecule has 37 heavy (non-hydrogen) atoms. The minimum Gasteiger partial charge on any atom is -0.463 e. The molecule has 2 heterocycles. The van der Waals surface area contributed by atoms with Crippen LogP contribution in [-0.4, -0.2) is 78.5 Å². The van der Waals surface area contributed by atoms with E-state index in [4.69, 9.17) is 4.74 Å². The van der Waals surface area contributed by atoms with E-state index in [1.807, 2.05) is 38.1 Å². The molecule has 0 saturated carbocycles. The number of hydrogen-bond acceptors (Lipinski definition) is 5. The summed E-state index contributed by atoms with van der Waals surface area (Å²) >= 11 is 0. The second-order valence-electron chi connectivity index (χ2n) is 9.50. The number of rotatable bonds is 6. The molecule has 0 bridgehead atoms. The van der Waals surface area contributed by atoms with Crippen LogP contribution in [0.4, 0.5) is 9.18 Å². The Balaban J connectivity index is 1.60. The molecule has 2 aliphatic heterocycles. The molecule has 1 fully saturated rings. The van der Waals surface area contributed by atoms with Crippen LogP contribution in [0.15, 0.2) is 59.8 Å². The molecule has 2 atom stereocenters. The first kappa shape index (κ1) is 26.3. The number of esters is 1. The standard InChI is InChI=1S/C28H33FN4O4/c1-5-37-27(35)24-23(31(4)28(36)30-25(24)20-12-10-18(2)11-13-20)17-32-14-15-33(19(3)16-32)26(34)21-8-6-7-9-22(21)29/h6-13,19,25H,5,14-17H2,1-4H3,(H,30,36)/t19-,25+/m1/s1. The number of likely N-dealkylation sites (N-methyl/N-ethyl adjacent to an activating group) is 1. The van der Waals surface area contributed by atoms with Crippen LogP contribution in [0.5, 0.6) is 0 Å². The highest BCUT2D eigenvalue weighted by atomic mass is 19.1. The normalized spacial score (nSPS) is 20.6. The van der Waals surface area contributed by atoms with Crippen molar-refractivity contribution in [3.63, 3.8) is 0 Å². The lowest BCUT2D eigenvalue weighted by Crippen LogP contribution is -2.56. The van der Waals surface area contributed by atoms with E-state index in [1.165, 1.54) is 17.0 Å². The Morgan fingerprint density at radius 3 is 2.46 bits per heavy atom. The highest BCUT2D eigenvalue weighted by Gasteiger charge is 2.38. The van der Waals surface area contributed by atoms with Crippen LogP contribution in [0, 0.1) is 12.7 Å². The Morgan fingerprint density at radius 1 is 1.11 bits per heavy atom. The molecule has 2 aromatic rings. The third-order valence-corrected chi connectivity index (χ3v) is 6.93. The van der Waals surface area contributed by atoms with Gasteiger partial charge in [0.05, 0.1) is 23.8 Å². The summed E-state index contributed by atoms with van der Waals surface area (Å²) < 4.78 is 19.6. The number of nitrogens with zero attached hydrogens (tertiary/aromatic N) is 3.